The third kappa shape index (κ3) is 3.35. The first-order valence-corrected chi connectivity index (χ1v) is 8.19. The number of halogens is 1. The molecule has 2 aromatic carbocycles. The van der Waals surface area contributed by atoms with Crippen LogP contribution in [0.4, 0.5) is 4.39 Å². The van der Waals surface area contributed by atoms with E-state index in [2.05, 4.69) is 22.8 Å². The summed E-state index contributed by atoms with van der Waals surface area (Å²) in [7, 11) is 0. The second kappa shape index (κ2) is 6.79. The molecule has 0 saturated heterocycles. The zero-order valence-electron chi connectivity index (χ0n) is 12.7. The maximum Gasteiger partial charge on any atom is 0.196 e. The summed E-state index contributed by atoms with van der Waals surface area (Å²) in [5.41, 5.74) is 2.97. The Morgan fingerprint density at radius 1 is 1.17 bits per heavy atom. The number of hydrogen-bond donors (Lipinski definition) is 0. The van der Waals surface area contributed by atoms with Gasteiger partial charge in [-0.3, -0.25) is 4.57 Å². The second-order valence-electron chi connectivity index (χ2n) is 5.09. The van der Waals surface area contributed by atoms with Gasteiger partial charge in [0.05, 0.1) is 0 Å². The van der Waals surface area contributed by atoms with Gasteiger partial charge in [-0.25, -0.2) is 4.39 Å². The van der Waals surface area contributed by atoms with Crippen LogP contribution in [0.1, 0.15) is 5.56 Å². The van der Waals surface area contributed by atoms with Crippen molar-refractivity contribution in [1.82, 2.24) is 14.8 Å². The lowest BCUT2D eigenvalue weighted by molar-refractivity contribution is 0.628. The first kappa shape index (κ1) is 15.5. The molecule has 0 bridgehead atoms. The molecule has 1 aromatic heterocycles. The Morgan fingerprint density at radius 3 is 2.65 bits per heavy atom. The van der Waals surface area contributed by atoms with Gasteiger partial charge in [0.1, 0.15) is 5.82 Å². The van der Waals surface area contributed by atoms with Crippen molar-refractivity contribution < 1.29 is 4.39 Å². The van der Waals surface area contributed by atoms with Crippen molar-refractivity contribution in [3.63, 3.8) is 0 Å². The molecule has 3 nitrogen and oxygen atoms in total. The molecule has 0 N–H and O–H groups in total. The number of nitrogens with zero attached hydrogens (tertiary/aromatic N) is 3. The quantitative estimate of drug-likeness (QED) is 0.505. The molecule has 0 fully saturated rings. The van der Waals surface area contributed by atoms with Gasteiger partial charge in [0.25, 0.3) is 0 Å². The molecule has 0 spiro atoms. The molecule has 0 aliphatic rings. The molecule has 0 radical (unpaired) electrons. The van der Waals surface area contributed by atoms with Gasteiger partial charge in [0.15, 0.2) is 11.0 Å². The van der Waals surface area contributed by atoms with Crippen LogP contribution in [0.3, 0.4) is 0 Å². The number of hydrogen-bond acceptors (Lipinski definition) is 3. The molecule has 116 valence electrons. The summed E-state index contributed by atoms with van der Waals surface area (Å²) in [6.07, 6.45) is 1.83. The summed E-state index contributed by atoms with van der Waals surface area (Å²) < 4.78 is 15.2. The van der Waals surface area contributed by atoms with E-state index in [4.69, 9.17) is 0 Å². The smallest absolute Gasteiger partial charge is 0.196 e. The van der Waals surface area contributed by atoms with Crippen molar-refractivity contribution in [2.45, 2.75) is 12.1 Å². The Balaban J connectivity index is 2.14. The third-order valence-corrected chi connectivity index (χ3v) is 4.25. The lowest BCUT2D eigenvalue weighted by atomic mass is 10.2. The first-order valence-electron chi connectivity index (χ1n) is 7.21. The predicted octanol–water partition coefficient (Wildman–Crippen LogP) is 4.66. The summed E-state index contributed by atoms with van der Waals surface area (Å²) in [6, 6.07) is 14.4. The zero-order chi connectivity index (χ0) is 16.2. The van der Waals surface area contributed by atoms with Crippen molar-refractivity contribution in [2.75, 3.05) is 5.75 Å². The molecule has 5 heteroatoms. The minimum atomic E-state index is -0.267. The molecule has 23 heavy (non-hydrogen) atoms. The van der Waals surface area contributed by atoms with Crippen LogP contribution >= 0.6 is 11.8 Å². The van der Waals surface area contributed by atoms with E-state index in [9.17, 15) is 4.39 Å². The monoisotopic (exact) mass is 325 g/mol. The number of aromatic nitrogens is 3. The van der Waals surface area contributed by atoms with Gasteiger partial charge in [-0.2, -0.15) is 0 Å². The van der Waals surface area contributed by atoms with Crippen LogP contribution in [0.25, 0.3) is 17.1 Å². The highest BCUT2D eigenvalue weighted by molar-refractivity contribution is 7.99. The topological polar surface area (TPSA) is 30.7 Å². The molecular weight excluding hydrogens is 309 g/mol. The summed E-state index contributed by atoms with van der Waals surface area (Å²) >= 11 is 1.56. The molecule has 0 aliphatic heterocycles. The van der Waals surface area contributed by atoms with E-state index in [1.807, 2.05) is 35.8 Å². The van der Waals surface area contributed by atoms with Crippen LogP contribution in [0.15, 0.2) is 66.3 Å². The van der Waals surface area contributed by atoms with Crippen LogP contribution < -0.4 is 0 Å². The lowest BCUT2D eigenvalue weighted by Gasteiger charge is -2.10. The standard InChI is InChI=1S/C18H16FN3S/c1-3-11-23-18-21-20-17(14-7-9-15(19)10-8-14)22(18)16-6-4-5-13(2)12-16/h3-10,12H,1,11H2,2H3. The van der Waals surface area contributed by atoms with E-state index in [0.717, 1.165) is 27.7 Å². The fourth-order valence-electron chi connectivity index (χ4n) is 2.28. The second-order valence-corrected chi connectivity index (χ2v) is 6.07. The van der Waals surface area contributed by atoms with Crippen LogP contribution in [0.2, 0.25) is 0 Å². The van der Waals surface area contributed by atoms with E-state index in [0.29, 0.717) is 5.82 Å². The summed E-state index contributed by atoms with van der Waals surface area (Å²) in [5, 5.41) is 9.39. The molecule has 3 rings (SSSR count). The van der Waals surface area contributed by atoms with E-state index >= 15 is 0 Å². The van der Waals surface area contributed by atoms with Crippen molar-refractivity contribution in [3.05, 3.63) is 72.6 Å². The lowest BCUT2D eigenvalue weighted by Crippen LogP contribution is -2.00. The fraction of sp³-hybridized carbons (Fsp3) is 0.111. The van der Waals surface area contributed by atoms with Gasteiger partial charge in [-0.1, -0.05) is 30.0 Å². The molecule has 0 amide bonds. The number of benzene rings is 2. The zero-order valence-corrected chi connectivity index (χ0v) is 13.6. The van der Waals surface area contributed by atoms with Gasteiger partial charge in [-0.15, -0.1) is 16.8 Å². The highest BCUT2D eigenvalue weighted by Crippen LogP contribution is 2.28. The molecule has 0 aliphatic carbocycles. The van der Waals surface area contributed by atoms with Crippen LogP contribution in [0.5, 0.6) is 0 Å². The Morgan fingerprint density at radius 2 is 1.96 bits per heavy atom. The SMILES string of the molecule is C=CCSc1nnc(-c2ccc(F)cc2)n1-c1cccc(C)c1. The maximum atomic E-state index is 13.2. The van der Waals surface area contributed by atoms with Gasteiger partial charge >= 0.3 is 0 Å². The van der Waals surface area contributed by atoms with Crippen molar-refractivity contribution in [2.24, 2.45) is 0 Å². The number of thioether (sulfide) groups is 1. The van der Waals surface area contributed by atoms with Gasteiger partial charge in [0.2, 0.25) is 0 Å². The van der Waals surface area contributed by atoms with E-state index in [1.54, 1.807) is 23.9 Å². The van der Waals surface area contributed by atoms with E-state index in [1.165, 1.54) is 12.1 Å². The Kier molecular flexibility index (Phi) is 4.57. The van der Waals surface area contributed by atoms with Gasteiger partial charge in [0, 0.05) is 17.0 Å². The largest absolute Gasteiger partial charge is 0.270 e. The minimum absolute atomic E-state index is 0.267. The minimum Gasteiger partial charge on any atom is -0.270 e. The third-order valence-electron chi connectivity index (χ3n) is 3.33. The average Bonchev–Trinajstić information content (AvgIpc) is 2.97. The summed E-state index contributed by atoms with van der Waals surface area (Å²) in [5.74, 6) is 1.17. The van der Waals surface area contributed by atoms with E-state index < -0.39 is 0 Å². The Bertz CT molecular complexity index is 825. The highest BCUT2D eigenvalue weighted by Gasteiger charge is 2.15. The first-order chi connectivity index (χ1) is 11.2. The Labute approximate surface area is 138 Å². The van der Waals surface area contributed by atoms with Crippen LogP contribution in [0, 0.1) is 12.7 Å². The molecule has 0 unspecified atom stereocenters. The van der Waals surface area contributed by atoms with Crippen LogP contribution in [-0.2, 0) is 0 Å². The van der Waals surface area contributed by atoms with E-state index in [-0.39, 0.29) is 5.82 Å². The number of aryl methyl sites for hydroxylation is 1. The summed E-state index contributed by atoms with van der Waals surface area (Å²) in [4.78, 5) is 0. The van der Waals surface area contributed by atoms with Crippen molar-refractivity contribution in [1.29, 1.82) is 0 Å². The summed E-state index contributed by atoms with van der Waals surface area (Å²) in [6.45, 7) is 5.79. The normalized spacial score (nSPS) is 10.7. The van der Waals surface area contributed by atoms with Crippen molar-refractivity contribution >= 4 is 11.8 Å². The molecular formula is C18H16FN3S. The van der Waals surface area contributed by atoms with Gasteiger partial charge in [-0.05, 0) is 48.9 Å². The molecule has 1 heterocycles. The number of rotatable bonds is 5. The van der Waals surface area contributed by atoms with Crippen LogP contribution in [-0.4, -0.2) is 20.5 Å². The Hall–Kier alpha value is -2.40. The predicted molar refractivity (Wildman–Crippen MR) is 92.4 cm³/mol. The molecule has 0 atom stereocenters. The maximum absolute atomic E-state index is 13.2. The fourth-order valence-corrected chi connectivity index (χ4v) is 2.97. The average molecular weight is 325 g/mol. The highest BCUT2D eigenvalue weighted by atomic mass is 32.2. The molecule has 3 aromatic rings. The van der Waals surface area contributed by atoms with Gasteiger partial charge < -0.3 is 0 Å². The van der Waals surface area contributed by atoms with Crippen molar-refractivity contribution in [3.8, 4) is 17.1 Å². The molecule has 0 saturated carbocycles.